The molecule has 2 aliphatic heterocycles. The van der Waals surface area contributed by atoms with Crippen molar-refractivity contribution >= 4 is 0 Å². The predicted molar refractivity (Wildman–Crippen MR) is 82.7 cm³/mol. The van der Waals surface area contributed by atoms with Crippen molar-refractivity contribution in [2.45, 2.75) is 57.5 Å². The highest BCUT2D eigenvalue weighted by Crippen LogP contribution is 2.35. The summed E-state index contributed by atoms with van der Waals surface area (Å²) in [6, 6.07) is 1.67. The van der Waals surface area contributed by atoms with Crippen LogP contribution in [0.1, 0.15) is 45.4 Å². The van der Waals surface area contributed by atoms with Crippen molar-refractivity contribution in [3.05, 3.63) is 6.42 Å². The molecule has 115 valence electrons. The van der Waals surface area contributed by atoms with Gasteiger partial charge in [0.05, 0.1) is 6.61 Å². The van der Waals surface area contributed by atoms with E-state index in [0.717, 1.165) is 37.8 Å². The molecular weight excluding hydrogens is 248 g/mol. The van der Waals surface area contributed by atoms with Gasteiger partial charge in [-0.15, -0.1) is 0 Å². The first-order valence-corrected chi connectivity index (χ1v) is 8.77. The molecule has 3 fully saturated rings. The van der Waals surface area contributed by atoms with Gasteiger partial charge in [-0.25, -0.2) is 0 Å². The number of rotatable bonds is 6. The first-order valence-electron chi connectivity index (χ1n) is 8.77. The summed E-state index contributed by atoms with van der Waals surface area (Å²) in [4.78, 5) is 5.46. The van der Waals surface area contributed by atoms with Crippen LogP contribution < -0.4 is 0 Å². The van der Waals surface area contributed by atoms with Gasteiger partial charge in [0.1, 0.15) is 0 Å². The largest absolute Gasteiger partial charge is 0.380 e. The van der Waals surface area contributed by atoms with Crippen LogP contribution in [0.15, 0.2) is 0 Å². The highest BCUT2D eigenvalue weighted by atomic mass is 16.5. The molecule has 3 heteroatoms. The van der Waals surface area contributed by atoms with Crippen LogP contribution in [-0.4, -0.2) is 61.3 Å². The Hall–Kier alpha value is -0.120. The van der Waals surface area contributed by atoms with E-state index in [0.29, 0.717) is 0 Å². The number of likely N-dealkylation sites (tertiary alicyclic amines) is 2. The highest BCUT2D eigenvalue weighted by Gasteiger charge is 2.39. The van der Waals surface area contributed by atoms with Crippen LogP contribution >= 0.6 is 0 Å². The molecule has 2 unspecified atom stereocenters. The molecule has 0 aromatic carbocycles. The Morgan fingerprint density at radius 1 is 1.15 bits per heavy atom. The summed E-state index contributed by atoms with van der Waals surface area (Å²) in [5, 5.41) is 0. The molecule has 2 saturated heterocycles. The maximum atomic E-state index is 5.50. The van der Waals surface area contributed by atoms with Gasteiger partial charge in [-0.1, -0.05) is 12.8 Å². The second kappa shape index (κ2) is 7.24. The molecule has 3 rings (SSSR count). The Morgan fingerprint density at radius 2 is 2.00 bits per heavy atom. The minimum Gasteiger partial charge on any atom is -0.380 e. The molecule has 20 heavy (non-hydrogen) atoms. The Kier molecular flexibility index (Phi) is 5.36. The summed E-state index contributed by atoms with van der Waals surface area (Å²) in [5.74, 6) is 0.875. The van der Waals surface area contributed by atoms with Gasteiger partial charge >= 0.3 is 0 Å². The second-order valence-corrected chi connectivity index (χ2v) is 6.74. The topological polar surface area (TPSA) is 15.7 Å². The average molecular weight is 279 g/mol. The van der Waals surface area contributed by atoms with E-state index >= 15 is 0 Å². The lowest BCUT2D eigenvalue weighted by Gasteiger charge is -2.34. The van der Waals surface area contributed by atoms with E-state index in [1.807, 2.05) is 0 Å². The van der Waals surface area contributed by atoms with Gasteiger partial charge in [0, 0.05) is 31.8 Å². The Bertz CT molecular complexity index is 291. The van der Waals surface area contributed by atoms with E-state index in [4.69, 9.17) is 4.74 Å². The van der Waals surface area contributed by atoms with Gasteiger partial charge in [0.25, 0.3) is 0 Å². The van der Waals surface area contributed by atoms with Crippen LogP contribution in [0.4, 0.5) is 0 Å². The third kappa shape index (κ3) is 3.37. The van der Waals surface area contributed by atoms with Crippen molar-refractivity contribution in [2.75, 3.05) is 39.4 Å². The zero-order chi connectivity index (χ0) is 13.8. The monoisotopic (exact) mass is 279 g/mol. The fourth-order valence-electron chi connectivity index (χ4n) is 4.49. The third-order valence-corrected chi connectivity index (χ3v) is 5.52. The molecule has 0 aromatic heterocycles. The van der Waals surface area contributed by atoms with Crippen molar-refractivity contribution in [1.29, 1.82) is 0 Å². The van der Waals surface area contributed by atoms with E-state index < -0.39 is 0 Å². The van der Waals surface area contributed by atoms with Crippen molar-refractivity contribution in [3.8, 4) is 0 Å². The lowest BCUT2D eigenvalue weighted by molar-refractivity contribution is 0.114. The molecule has 0 amide bonds. The minimum atomic E-state index is 0.773. The van der Waals surface area contributed by atoms with Gasteiger partial charge in [0.15, 0.2) is 0 Å². The quantitative estimate of drug-likeness (QED) is 0.695. The smallest absolute Gasteiger partial charge is 0.0593 e. The molecule has 1 radical (unpaired) electrons. The number of nitrogens with zero attached hydrogens (tertiary/aromatic N) is 2. The Balaban J connectivity index is 1.48. The summed E-state index contributed by atoms with van der Waals surface area (Å²) < 4.78 is 5.50. The number of hydrogen-bond acceptors (Lipinski definition) is 3. The predicted octanol–water partition coefficient (Wildman–Crippen LogP) is 2.57. The maximum absolute atomic E-state index is 5.50. The van der Waals surface area contributed by atoms with Crippen LogP contribution in [0, 0.1) is 12.3 Å². The normalized spacial score (nSPS) is 33.5. The number of ether oxygens (including phenoxy) is 1. The van der Waals surface area contributed by atoms with Crippen LogP contribution in [0.25, 0.3) is 0 Å². The molecule has 0 aromatic rings. The van der Waals surface area contributed by atoms with Crippen LogP contribution in [0.2, 0.25) is 0 Å². The van der Waals surface area contributed by atoms with Crippen LogP contribution in [0.5, 0.6) is 0 Å². The van der Waals surface area contributed by atoms with Gasteiger partial charge in [-0.05, 0) is 58.0 Å². The molecule has 3 nitrogen and oxygen atoms in total. The Labute approximate surface area is 124 Å². The summed E-state index contributed by atoms with van der Waals surface area (Å²) in [5.41, 5.74) is 0. The SMILES string of the molecule is CCOCCN1CCC(C2[CH]CCN2C2CCCC2)C1. The van der Waals surface area contributed by atoms with E-state index in [2.05, 4.69) is 23.1 Å². The minimum absolute atomic E-state index is 0.773. The highest BCUT2D eigenvalue weighted by molar-refractivity contribution is 5.02. The van der Waals surface area contributed by atoms with E-state index in [1.54, 1.807) is 0 Å². The Morgan fingerprint density at radius 3 is 2.80 bits per heavy atom. The van der Waals surface area contributed by atoms with Crippen molar-refractivity contribution in [1.82, 2.24) is 9.80 Å². The molecule has 1 aliphatic carbocycles. The summed E-state index contributed by atoms with van der Waals surface area (Å²) in [6.07, 6.45) is 11.1. The van der Waals surface area contributed by atoms with Crippen LogP contribution in [-0.2, 0) is 4.74 Å². The van der Waals surface area contributed by atoms with E-state index in [9.17, 15) is 0 Å². The van der Waals surface area contributed by atoms with Crippen molar-refractivity contribution < 1.29 is 4.74 Å². The molecule has 2 heterocycles. The van der Waals surface area contributed by atoms with Crippen LogP contribution in [0.3, 0.4) is 0 Å². The lowest BCUT2D eigenvalue weighted by atomic mass is 9.95. The molecule has 0 bridgehead atoms. The fraction of sp³-hybridized carbons (Fsp3) is 0.941. The fourth-order valence-corrected chi connectivity index (χ4v) is 4.49. The van der Waals surface area contributed by atoms with E-state index in [1.165, 1.54) is 58.2 Å². The summed E-state index contributed by atoms with van der Waals surface area (Å²) in [6.45, 7) is 8.86. The standard InChI is InChI=1S/C17H31N2O/c1-2-20-13-12-18-11-9-15(14-18)17-8-5-10-19(17)16-6-3-4-7-16/h8,15-17H,2-7,9-14H2,1H3. The molecule has 1 saturated carbocycles. The molecule has 0 N–H and O–H groups in total. The molecular formula is C17H31N2O. The van der Waals surface area contributed by atoms with Crippen molar-refractivity contribution in [2.24, 2.45) is 5.92 Å². The van der Waals surface area contributed by atoms with E-state index in [-0.39, 0.29) is 0 Å². The maximum Gasteiger partial charge on any atom is 0.0593 e. The third-order valence-electron chi connectivity index (χ3n) is 5.52. The zero-order valence-corrected chi connectivity index (χ0v) is 13.1. The van der Waals surface area contributed by atoms with Gasteiger partial charge in [-0.2, -0.15) is 0 Å². The summed E-state index contributed by atoms with van der Waals surface area (Å²) in [7, 11) is 0. The zero-order valence-electron chi connectivity index (χ0n) is 13.1. The molecule has 2 atom stereocenters. The lowest BCUT2D eigenvalue weighted by Crippen LogP contribution is -2.42. The average Bonchev–Trinajstić information content (AvgIpc) is 3.19. The molecule has 3 aliphatic rings. The second-order valence-electron chi connectivity index (χ2n) is 6.74. The van der Waals surface area contributed by atoms with Gasteiger partial charge < -0.3 is 9.64 Å². The first kappa shape index (κ1) is 14.8. The molecule has 0 spiro atoms. The summed E-state index contributed by atoms with van der Waals surface area (Å²) >= 11 is 0. The van der Waals surface area contributed by atoms with Gasteiger partial charge in [0.2, 0.25) is 0 Å². The van der Waals surface area contributed by atoms with Crippen molar-refractivity contribution in [3.63, 3.8) is 0 Å². The number of hydrogen-bond donors (Lipinski definition) is 0. The van der Waals surface area contributed by atoms with Gasteiger partial charge in [-0.3, -0.25) is 4.90 Å². The first-order chi connectivity index (χ1) is 9.88.